The van der Waals surface area contributed by atoms with Crippen LogP contribution in [0.15, 0.2) is 12.1 Å². The Morgan fingerprint density at radius 3 is 2.95 bits per heavy atom. The largest absolute Gasteiger partial charge is 0.496 e. The van der Waals surface area contributed by atoms with E-state index in [2.05, 4.69) is 17.1 Å². The molecule has 1 amide bonds. The molecule has 3 N–H and O–H groups in total. The number of hydrogen-bond acceptors (Lipinski definition) is 4. The first kappa shape index (κ1) is 15.6. The number of ether oxygens (including phenoxy) is 1. The zero-order valence-electron chi connectivity index (χ0n) is 13.1. The van der Waals surface area contributed by atoms with E-state index in [0.29, 0.717) is 29.6 Å². The van der Waals surface area contributed by atoms with Crippen LogP contribution < -0.4 is 15.8 Å². The van der Waals surface area contributed by atoms with Crippen LogP contribution in [0.5, 0.6) is 5.75 Å². The van der Waals surface area contributed by atoms with Crippen LogP contribution in [0.25, 0.3) is 0 Å². The van der Waals surface area contributed by atoms with Gasteiger partial charge in [0.15, 0.2) is 0 Å². The van der Waals surface area contributed by atoms with Gasteiger partial charge in [-0.1, -0.05) is 6.92 Å². The van der Waals surface area contributed by atoms with E-state index in [1.807, 2.05) is 6.92 Å². The van der Waals surface area contributed by atoms with E-state index >= 15 is 0 Å². The van der Waals surface area contributed by atoms with Crippen molar-refractivity contribution in [1.82, 2.24) is 10.2 Å². The van der Waals surface area contributed by atoms with Crippen LogP contribution in [0.4, 0.5) is 5.69 Å². The summed E-state index contributed by atoms with van der Waals surface area (Å²) in [7, 11) is 1.55. The molecule has 0 aromatic heterocycles. The lowest BCUT2D eigenvalue weighted by molar-refractivity contribution is 0.0938. The van der Waals surface area contributed by atoms with Gasteiger partial charge in [-0.2, -0.15) is 0 Å². The SMILES string of the molecule is CCN1CCCC1CNC(=O)c1cc(C)c(N)cc1OC. The highest BCUT2D eigenvalue weighted by Gasteiger charge is 2.24. The molecule has 2 rings (SSSR count). The molecular formula is C16H25N3O2. The highest BCUT2D eigenvalue weighted by molar-refractivity contribution is 5.97. The molecule has 0 bridgehead atoms. The Morgan fingerprint density at radius 1 is 1.52 bits per heavy atom. The molecule has 0 aliphatic carbocycles. The lowest BCUT2D eigenvalue weighted by Crippen LogP contribution is -2.40. The van der Waals surface area contributed by atoms with Crippen molar-refractivity contribution in [2.45, 2.75) is 32.7 Å². The van der Waals surface area contributed by atoms with E-state index in [0.717, 1.165) is 25.1 Å². The Bertz CT molecular complexity index is 516. The number of carbonyl (C=O) groups is 1. The summed E-state index contributed by atoms with van der Waals surface area (Å²) in [5, 5.41) is 3.03. The number of nitrogens with zero attached hydrogens (tertiary/aromatic N) is 1. The summed E-state index contributed by atoms with van der Waals surface area (Å²) in [6.45, 7) is 6.89. The first-order chi connectivity index (χ1) is 10.1. The summed E-state index contributed by atoms with van der Waals surface area (Å²) < 4.78 is 5.27. The second-order valence-electron chi connectivity index (χ2n) is 5.54. The number of likely N-dealkylation sites (tertiary alicyclic amines) is 1. The maximum atomic E-state index is 12.4. The maximum Gasteiger partial charge on any atom is 0.255 e. The number of anilines is 1. The number of nitrogen functional groups attached to an aromatic ring is 1. The van der Waals surface area contributed by atoms with Crippen LogP contribution >= 0.6 is 0 Å². The van der Waals surface area contributed by atoms with Gasteiger partial charge in [-0.15, -0.1) is 0 Å². The second-order valence-corrected chi connectivity index (χ2v) is 5.54. The summed E-state index contributed by atoms with van der Waals surface area (Å²) >= 11 is 0. The fourth-order valence-corrected chi connectivity index (χ4v) is 2.90. The van der Waals surface area contributed by atoms with Crippen LogP contribution in [0.3, 0.4) is 0 Å². The van der Waals surface area contributed by atoms with Crippen molar-refractivity contribution in [3.63, 3.8) is 0 Å². The number of carbonyl (C=O) groups excluding carboxylic acids is 1. The van der Waals surface area contributed by atoms with Crippen LogP contribution in [0.1, 0.15) is 35.7 Å². The molecule has 21 heavy (non-hydrogen) atoms. The average Bonchev–Trinajstić information content (AvgIpc) is 2.94. The Labute approximate surface area is 126 Å². The molecule has 5 heteroatoms. The minimum absolute atomic E-state index is 0.0992. The summed E-state index contributed by atoms with van der Waals surface area (Å²) in [4.78, 5) is 14.8. The van der Waals surface area contributed by atoms with Crippen molar-refractivity contribution >= 4 is 11.6 Å². The normalized spacial score (nSPS) is 18.7. The lowest BCUT2D eigenvalue weighted by Gasteiger charge is -2.23. The van der Waals surface area contributed by atoms with Gasteiger partial charge in [0.1, 0.15) is 5.75 Å². The Kier molecular flexibility index (Phi) is 5.07. The Balaban J connectivity index is 2.05. The van der Waals surface area contributed by atoms with E-state index < -0.39 is 0 Å². The molecule has 116 valence electrons. The zero-order chi connectivity index (χ0) is 15.4. The molecule has 1 heterocycles. The van der Waals surface area contributed by atoms with Gasteiger partial charge in [-0.3, -0.25) is 9.69 Å². The number of benzene rings is 1. The van der Waals surface area contributed by atoms with Crippen LogP contribution in [-0.2, 0) is 0 Å². The smallest absolute Gasteiger partial charge is 0.255 e. The molecule has 1 atom stereocenters. The van der Waals surface area contributed by atoms with Crippen molar-refractivity contribution in [3.8, 4) is 5.75 Å². The van der Waals surface area contributed by atoms with Gasteiger partial charge in [0, 0.05) is 24.3 Å². The number of nitrogens with two attached hydrogens (primary N) is 1. The Hall–Kier alpha value is -1.75. The molecule has 1 fully saturated rings. The minimum Gasteiger partial charge on any atom is -0.496 e. The number of rotatable bonds is 5. The van der Waals surface area contributed by atoms with Crippen LogP contribution in [0.2, 0.25) is 0 Å². The number of likely N-dealkylation sites (N-methyl/N-ethyl adjacent to an activating group) is 1. The van der Waals surface area contributed by atoms with Gasteiger partial charge in [0.05, 0.1) is 12.7 Å². The van der Waals surface area contributed by atoms with Crippen molar-refractivity contribution in [2.75, 3.05) is 32.5 Å². The minimum atomic E-state index is -0.0992. The van der Waals surface area contributed by atoms with Crippen LogP contribution in [-0.4, -0.2) is 43.6 Å². The molecule has 1 aliphatic heterocycles. The molecule has 1 unspecified atom stereocenters. The fraction of sp³-hybridized carbons (Fsp3) is 0.562. The number of methoxy groups -OCH3 is 1. The quantitative estimate of drug-likeness (QED) is 0.812. The van der Waals surface area contributed by atoms with Gasteiger partial charge >= 0.3 is 0 Å². The zero-order valence-corrected chi connectivity index (χ0v) is 13.1. The van der Waals surface area contributed by atoms with Gasteiger partial charge < -0.3 is 15.8 Å². The molecule has 1 aliphatic rings. The number of aryl methyl sites for hydroxylation is 1. The van der Waals surface area contributed by atoms with E-state index in [1.165, 1.54) is 6.42 Å². The van der Waals surface area contributed by atoms with Gasteiger partial charge in [0.25, 0.3) is 5.91 Å². The molecule has 1 aromatic carbocycles. The van der Waals surface area contributed by atoms with Crippen molar-refractivity contribution in [1.29, 1.82) is 0 Å². The van der Waals surface area contributed by atoms with E-state index in [9.17, 15) is 4.79 Å². The number of nitrogens with one attached hydrogen (secondary N) is 1. The van der Waals surface area contributed by atoms with Gasteiger partial charge in [-0.05, 0) is 44.5 Å². The lowest BCUT2D eigenvalue weighted by atomic mass is 10.1. The fourth-order valence-electron chi connectivity index (χ4n) is 2.90. The standard InChI is InChI=1S/C16H25N3O2/c1-4-19-7-5-6-12(19)10-18-16(20)13-8-11(2)14(17)9-15(13)21-3/h8-9,12H,4-7,10,17H2,1-3H3,(H,18,20). The molecule has 0 spiro atoms. The molecule has 1 saturated heterocycles. The third kappa shape index (κ3) is 3.47. The molecule has 1 aromatic rings. The number of hydrogen-bond donors (Lipinski definition) is 2. The van der Waals surface area contributed by atoms with Gasteiger partial charge in [-0.25, -0.2) is 0 Å². The molecule has 0 radical (unpaired) electrons. The molecule has 0 saturated carbocycles. The third-order valence-electron chi connectivity index (χ3n) is 4.24. The predicted molar refractivity (Wildman–Crippen MR) is 84.7 cm³/mol. The second kappa shape index (κ2) is 6.80. The average molecular weight is 291 g/mol. The van der Waals surface area contributed by atoms with Crippen molar-refractivity contribution < 1.29 is 9.53 Å². The van der Waals surface area contributed by atoms with Crippen molar-refractivity contribution in [2.24, 2.45) is 0 Å². The monoisotopic (exact) mass is 291 g/mol. The van der Waals surface area contributed by atoms with Crippen molar-refractivity contribution in [3.05, 3.63) is 23.3 Å². The predicted octanol–water partition coefficient (Wildman–Crippen LogP) is 1.80. The topological polar surface area (TPSA) is 67.6 Å². The van der Waals surface area contributed by atoms with Crippen LogP contribution in [0, 0.1) is 6.92 Å². The molecular weight excluding hydrogens is 266 g/mol. The van der Waals surface area contributed by atoms with E-state index in [1.54, 1.807) is 19.2 Å². The highest BCUT2D eigenvalue weighted by atomic mass is 16.5. The summed E-state index contributed by atoms with van der Waals surface area (Å²) in [6.07, 6.45) is 2.35. The summed E-state index contributed by atoms with van der Waals surface area (Å²) in [5.41, 5.74) is 7.92. The summed E-state index contributed by atoms with van der Waals surface area (Å²) in [6, 6.07) is 3.94. The van der Waals surface area contributed by atoms with E-state index in [-0.39, 0.29) is 5.91 Å². The number of amides is 1. The highest BCUT2D eigenvalue weighted by Crippen LogP contribution is 2.25. The van der Waals surface area contributed by atoms with E-state index in [4.69, 9.17) is 10.5 Å². The third-order valence-corrected chi connectivity index (χ3v) is 4.24. The van der Waals surface area contributed by atoms with Gasteiger partial charge in [0.2, 0.25) is 0 Å². The maximum absolute atomic E-state index is 12.4. The summed E-state index contributed by atoms with van der Waals surface area (Å²) in [5.74, 6) is 0.423. The Morgan fingerprint density at radius 2 is 2.29 bits per heavy atom. The first-order valence-electron chi connectivity index (χ1n) is 7.53. The molecule has 5 nitrogen and oxygen atoms in total. The first-order valence-corrected chi connectivity index (χ1v) is 7.53.